The van der Waals surface area contributed by atoms with Crippen molar-refractivity contribution < 1.29 is 0 Å². The zero-order valence-corrected chi connectivity index (χ0v) is 48.9. The lowest BCUT2D eigenvalue weighted by atomic mass is 9.68. The maximum Gasteiger partial charge on any atom is 0.188 e. The monoisotopic (exact) mass is 1130 g/mol. The molecule has 0 spiro atoms. The highest BCUT2D eigenvalue weighted by atomic mass is 15.2. The zero-order chi connectivity index (χ0) is 60.5. The van der Waals surface area contributed by atoms with E-state index in [1.807, 2.05) is 48.5 Å². The summed E-state index contributed by atoms with van der Waals surface area (Å²) in [7, 11) is 7.22. The van der Waals surface area contributed by atoms with Crippen LogP contribution in [0.1, 0.15) is 55.6 Å². The first-order valence-electron chi connectivity index (χ1n) is 28.3. The van der Waals surface area contributed by atoms with Crippen LogP contribution in [0.25, 0.3) is 43.8 Å². The minimum absolute atomic E-state index is 0.0548. The van der Waals surface area contributed by atoms with Crippen molar-refractivity contribution in [3.05, 3.63) is 286 Å². The second-order valence-electron chi connectivity index (χ2n) is 22.0. The number of hydrogen-bond donors (Lipinski definition) is 8. The van der Waals surface area contributed by atoms with Crippen molar-refractivity contribution in [1.29, 1.82) is 21.6 Å². The van der Waals surface area contributed by atoms with E-state index >= 15 is 0 Å². The number of nitrogens with zero attached hydrogens (tertiary/aromatic N) is 4. The molecule has 0 fully saturated rings. The lowest BCUT2D eigenvalue weighted by Crippen LogP contribution is -2.33. The largest absolute Gasteiger partial charge is 0.370 e. The van der Waals surface area contributed by atoms with Crippen LogP contribution in [0.5, 0.6) is 0 Å². The van der Waals surface area contributed by atoms with Gasteiger partial charge in [-0.05, 0) is 123 Å². The second-order valence-corrected chi connectivity index (χ2v) is 22.0. The highest BCUT2D eigenvalue weighted by Gasteiger charge is 2.38. The molecule has 0 radical (unpaired) electrons. The predicted octanol–water partition coefficient (Wildman–Crippen LogP) is 12.0. The molecule has 0 aliphatic heterocycles. The predicted molar refractivity (Wildman–Crippen MR) is 353 cm³/mol. The first-order valence-corrected chi connectivity index (χ1v) is 28.3. The van der Waals surface area contributed by atoms with Crippen molar-refractivity contribution in [2.75, 3.05) is 28.2 Å². The van der Waals surface area contributed by atoms with Crippen LogP contribution < -0.4 is 22.9 Å². The van der Waals surface area contributed by atoms with Crippen molar-refractivity contribution in [3.63, 3.8) is 0 Å². The Morgan fingerprint density at radius 1 is 0.326 bits per heavy atom. The Labute approximate surface area is 504 Å². The summed E-state index contributed by atoms with van der Waals surface area (Å²) in [4.78, 5) is 6.80. The third-order valence-corrected chi connectivity index (χ3v) is 16.1. The maximum absolute atomic E-state index is 8.33. The van der Waals surface area contributed by atoms with Gasteiger partial charge in [-0.3, -0.25) is 21.6 Å². The molecule has 0 aliphatic rings. The molecule has 10 aromatic rings. The summed E-state index contributed by atoms with van der Waals surface area (Å²) in [5.41, 5.74) is 35.0. The van der Waals surface area contributed by atoms with Gasteiger partial charge in [0.25, 0.3) is 0 Å². The summed E-state index contributed by atoms with van der Waals surface area (Å²) in [6, 6.07) is 80.1. The summed E-state index contributed by atoms with van der Waals surface area (Å²) in [5, 5.41) is 37.8. The van der Waals surface area contributed by atoms with Crippen LogP contribution in [0.15, 0.2) is 231 Å². The molecule has 0 aliphatic carbocycles. The van der Waals surface area contributed by atoms with E-state index in [4.69, 9.17) is 44.6 Å². The molecule has 0 unspecified atom stereocenters. The Kier molecular flexibility index (Phi) is 17.0. The molecule has 0 saturated carbocycles. The van der Waals surface area contributed by atoms with Crippen LogP contribution in [0.2, 0.25) is 0 Å². The highest BCUT2D eigenvalue weighted by Crippen LogP contribution is 2.44. The Hall–Kier alpha value is -11.1. The van der Waals surface area contributed by atoms with E-state index in [-0.39, 0.29) is 23.8 Å². The zero-order valence-electron chi connectivity index (χ0n) is 48.9. The molecule has 10 rings (SSSR count). The smallest absolute Gasteiger partial charge is 0.188 e. The number of benzene rings is 10. The molecular formula is C74H70N12. The lowest BCUT2D eigenvalue weighted by Gasteiger charge is -2.33. The van der Waals surface area contributed by atoms with Gasteiger partial charge in [0.2, 0.25) is 0 Å². The molecule has 10 aromatic carbocycles. The number of fused-ring (bicyclic) bond motifs is 2. The molecule has 0 amide bonds. The van der Waals surface area contributed by atoms with Gasteiger partial charge in [0, 0.05) is 54.4 Å². The van der Waals surface area contributed by atoms with E-state index in [1.54, 1.807) is 47.8 Å². The van der Waals surface area contributed by atoms with E-state index < -0.39 is 10.8 Å². The van der Waals surface area contributed by atoms with Crippen LogP contribution in [0.4, 0.5) is 0 Å². The van der Waals surface area contributed by atoms with E-state index in [9.17, 15) is 0 Å². The Morgan fingerprint density at radius 3 is 0.884 bits per heavy atom. The number of nitrogens with two attached hydrogens (primary N) is 4. The topological polar surface area (TPSA) is 212 Å². The van der Waals surface area contributed by atoms with Gasteiger partial charge in [-0.2, -0.15) is 0 Å². The van der Waals surface area contributed by atoms with E-state index in [2.05, 4.69) is 206 Å². The lowest BCUT2D eigenvalue weighted by molar-refractivity contribution is 0.490. The van der Waals surface area contributed by atoms with Gasteiger partial charge in [0.1, 0.15) is 10.8 Å². The SMILES string of the molecule is CN(Cc1cccc(C(C#CC#CC(c2cccc(CN(C)C(=N)N)c2)(c2cccc(CN(C)C(=N)N)c2)c2cccc(-c3cccc4ccccc34)c2)(c2cccc(CN(C)C(=N)N)c2)c2cccc(-c3cccc4ccccc34)c2)c1)C(=N)N. The minimum Gasteiger partial charge on any atom is -0.370 e. The second kappa shape index (κ2) is 25.2. The molecule has 0 saturated heterocycles. The van der Waals surface area contributed by atoms with Gasteiger partial charge < -0.3 is 42.5 Å². The summed E-state index contributed by atoms with van der Waals surface area (Å²) in [5.74, 6) is 14.8. The maximum atomic E-state index is 8.33. The first-order chi connectivity index (χ1) is 41.5. The van der Waals surface area contributed by atoms with E-state index in [0.29, 0.717) is 26.2 Å². The first kappa shape index (κ1) is 58.1. The third kappa shape index (κ3) is 12.2. The molecule has 0 heterocycles. The normalized spacial score (nSPS) is 12.3. The third-order valence-electron chi connectivity index (χ3n) is 16.1. The molecule has 12 N–H and O–H groups in total. The number of hydrogen-bond acceptors (Lipinski definition) is 4. The number of nitrogens with one attached hydrogen (secondary N) is 4. The molecule has 12 heteroatoms. The fourth-order valence-corrected chi connectivity index (χ4v) is 11.5. The number of rotatable bonds is 16. The minimum atomic E-state index is -1.21. The van der Waals surface area contributed by atoms with Crippen LogP contribution in [-0.4, -0.2) is 71.6 Å². The quantitative estimate of drug-likeness (QED) is 0.0201. The van der Waals surface area contributed by atoms with E-state index in [1.165, 1.54) is 0 Å². The average molecular weight is 1130 g/mol. The van der Waals surface area contributed by atoms with Gasteiger partial charge in [0.15, 0.2) is 23.8 Å². The molecule has 426 valence electrons. The van der Waals surface area contributed by atoms with Gasteiger partial charge >= 0.3 is 0 Å². The summed E-state index contributed by atoms with van der Waals surface area (Å²) >= 11 is 0. The van der Waals surface area contributed by atoms with Gasteiger partial charge in [-0.25, -0.2) is 0 Å². The molecule has 12 nitrogen and oxygen atoms in total. The van der Waals surface area contributed by atoms with Crippen LogP contribution >= 0.6 is 0 Å². The van der Waals surface area contributed by atoms with Crippen LogP contribution in [0.3, 0.4) is 0 Å². The standard InChI is InChI=1S/C74H70N12/c1-83(69(75)76)47-51-19-11-29-59(41-51)73(60-30-12-20-52(42-60)48-84(2)70(77)78,63-33-15-27-57(45-63)67-37-17-25-55-23-5-7-35-65(55)67)39-9-10-40-74(61-31-13-21-53(43-61)49-85(3)71(79)80,62-32-14-22-54(44-62)50-86(4)72(81)82)64-34-16-28-58(46-64)68-38-18-26-56-24-6-8-36-66(56)68/h5-8,11-38,41-46H,47-50H2,1-4H3,(H3,75,76)(H3,77,78)(H3,79,80)(H3,81,82). The van der Waals surface area contributed by atoms with Gasteiger partial charge in [-0.15, -0.1) is 0 Å². The fourth-order valence-electron chi connectivity index (χ4n) is 11.5. The Bertz CT molecular complexity index is 3930. The highest BCUT2D eigenvalue weighted by molar-refractivity contribution is 5.98. The van der Waals surface area contributed by atoms with Crippen molar-refractivity contribution in [1.82, 2.24) is 19.6 Å². The van der Waals surface area contributed by atoms with Gasteiger partial charge in [0.05, 0.1) is 0 Å². The van der Waals surface area contributed by atoms with Crippen LogP contribution in [-0.2, 0) is 37.0 Å². The van der Waals surface area contributed by atoms with Crippen LogP contribution in [0, 0.1) is 45.3 Å². The van der Waals surface area contributed by atoms with Gasteiger partial charge in [-0.1, -0.05) is 230 Å². The summed E-state index contributed by atoms with van der Waals surface area (Å²) in [6.07, 6.45) is 0. The van der Waals surface area contributed by atoms with Crippen molar-refractivity contribution in [2.24, 2.45) is 22.9 Å². The molecule has 86 heavy (non-hydrogen) atoms. The Balaban J connectivity index is 1.30. The average Bonchev–Trinajstić information content (AvgIpc) is 0.872. The fraction of sp³-hybridized carbons (Fsp3) is 0.135. The summed E-state index contributed by atoms with van der Waals surface area (Å²) in [6.45, 7) is 1.48. The molecular weight excluding hydrogens is 1060 g/mol. The van der Waals surface area contributed by atoms with Crippen molar-refractivity contribution in [2.45, 2.75) is 37.0 Å². The summed E-state index contributed by atoms with van der Waals surface area (Å²) < 4.78 is 0. The van der Waals surface area contributed by atoms with Crippen molar-refractivity contribution in [3.8, 4) is 45.9 Å². The molecule has 0 aromatic heterocycles. The van der Waals surface area contributed by atoms with Crippen molar-refractivity contribution >= 4 is 45.4 Å². The molecule has 0 bridgehead atoms. The van der Waals surface area contributed by atoms with E-state index in [0.717, 1.165) is 99.4 Å². The Morgan fingerprint density at radius 2 is 0.581 bits per heavy atom. The number of guanidine groups is 4. The molecule has 0 atom stereocenters.